The molecule has 0 atom stereocenters. The molecule has 0 aliphatic rings. The maximum absolute atomic E-state index is 5.08. The van der Waals surface area contributed by atoms with Crippen LogP contribution in [0.1, 0.15) is 25.3 Å². The van der Waals surface area contributed by atoms with Crippen molar-refractivity contribution < 1.29 is 4.74 Å². The summed E-state index contributed by atoms with van der Waals surface area (Å²) in [6.07, 6.45) is 2.27. The molecule has 0 aliphatic heterocycles. The Bertz CT molecular complexity index is 347. The largest absolute Gasteiger partial charge is 0.385 e. The van der Waals surface area contributed by atoms with Crippen LogP contribution < -0.4 is 5.32 Å². The Labute approximate surface area is 123 Å². The van der Waals surface area contributed by atoms with Gasteiger partial charge < -0.3 is 10.1 Å². The highest BCUT2D eigenvalue weighted by Crippen LogP contribution is 2.26. The highest BCUT2D eigenvalue weighted by molar-refractivity contribution is 9.10. The zero-order valence-corrected chi connectivity index (χ0v) is 13.6. The second-order valence-electron chi connectivity index (χ2n) is 4.12. The maximum atomic E-state index is 5.08. The minimum absolute atomic E-state index is 0.840. The smallest absolute Gasteiger partial charge is 0.0470 e. The van der Waals surface area contributed by atoms with Crippen molar-refractivity contribution in [2.24, 2.45) is 0 Å². The maximum Gasteiger partial charge on any atom is 0.0470 e. The molecule has 1 aromatic rings. The number of benzene rings is 1. The molecule has 2 nitrogen and oxygen atoms in total. The monoisotopic (exact) mass is 331 g/mol. The van der Waals surface area contributed by atoms with Gasteiger partial charge in [-0.3, -0.25) is 0 Å². The van der Waals surface area contributed by atoms with E-state index < -0.39 is 0 Å². The predicted molar refractivity (Wildman–Crippen MR) is 83.4 cm³/mol. The molecule has 0 bridgehead atoms. The fourth-order valence-electron chi connectivity index (χ4n) is 1.61. The van der Waals surface area contributed by atoms with Crippen LogP contribution in [0.25, 0.3) is 0 Å². The van der Waals surface area contributed by atoms with Crippen LogP contribution in [0.3, 0.4) is 0 Å². The number of methoxy groups -OCH3 is 1. The van der Waals surface area contributed by atoms with Crippen LogP contribution in [0.15, 0.2) is 27.6 Å². The fraction of sp³-hybridized carbons (Fsp3) is 0.571. The standard InChI is InChI=1S/C14H22BrNOS/c1-3-7-16-11-12-10-13(15)5-6-14(12)18-9-4-8-17-2/h5-6,10,16H,3-4,7-9,11H2,1-2H3. The van der Waals surface area contributed by atoms with E-state index in [1.165, 1.54) is 16.9 Å². The van der Waals surface area contributed by atoms with E-state index in [2.05, 4.69) is 46.4 Å². The lowest BCUT2D eigenvalue weighted by Gasteiger charge is -2.10. The Morgan fingerprint density at radius 1 is 1.39 bits per heavy atom. The van der Waals surface area contributed by atoms with E-state index in [9.17, 15) is 0 Å². The van der Waals surface area contributed by atoms with Gasteiger partial charge in [-0.2, -0.15) is 0 Å². The van der Waals surface area contributed by atoms with Crippen LogP contribution in [0, 0.1) is 0 Å². The van der Waals surface area contributed by atoms with Gasteiger partial charge in [0.15, 0.2) is 0 Å². The van der Waals surface area contributed by atoms with Crippen molar-refractivity contribution in [2.75, 3.05) is 26.0 Å². The third-order valence-corrected chi connectivity index (χ3v) is 4.21. The third kappa shape index (κ3) is 6.23. The fourth-order valence-corrected chi connectivity index (χ4v) is 2.98. The molecule has 0 radical (unpaired) electrons. The molecule has 1 N–H and O–H groups in total. The van der Waals surface area contributed by atoms with Gasteiger partial charge in [-0.15, -0.1) is 11.8 Å². The van der Waals surface area contributed by atoms with Gasteiger partial charge in [0, 0.05) is 35.4 Å². The molecular formula is C14H22BrNOS. The van der Waals surface area contributed by atoms with Crippen LogP contribution in [0.5, 0.6) is 0 Å². The van der Waals surface area contributed by atoms with Gasteiger partial charge in [0.2, 0.25) is 0 Å². The van der Waals surface area contributed by atoms with Gasteiger partial charge in [0.05, 0.1) is 0 Å². The van der Waals surface area contributed by atoms with Crippen molar-refractivity contribution in [1.82, 2.24) is 5.32 Å². The van der Waals surface area contributed by atoms with Crippen LogP contribution in [-0.2, 0) is 11.3 Å². The zero-order valence-electron chi connectivity index (χ0n) is 11.2. The summed E-state index contributed by atoms with van der Waals surface area (Å²) in [6.45, 7) is 5.04. The Balaban J connectivity index is 2.52. The third-order valence-electron chi connectivity index (χ3n) is 2.52. The number of halogens is 1. The first-order valence-electron chi connectivity index (χ1n) is 6.38. The van der Waals surface area contributed by atoms with Crippen molar-refractivity contribution >= 4 is 27.7 Å². The molecule has 1 aromatic carbocycles. The van der Waals surface area contributed by atoms with Gasteiger partial charge in [-0.25, -0.2) is 0 Å². The van der Waals surface area contributed by atoms with Gasteiger partial charge >= 0.3 is 0 Å². The molecule has 4 heteroatoms. The Morgan fingerprint density at radius 2 is 2.22 bits per heavy atom. The SMILES string of the molecule is CCCNCc1cc(Br)ccc1SCCCOC. The van der Waals surface area contributed by atoms with Crippen molar-refractivity contribution in [1.29, 1.82) is 0 Å². The number of nitrogens with one attached hydrogen (secondary N) is 1. The van der Waals surface area contributed by atoms with Crippen LogP contribution in [-0.4, -0.2) is 26.0 Å². The minimum atomic E-state index is 0.840. The van der Waals surface area contributed by atoms with E-state index in [4.69, 9.17) is 4.74 Å². The summed E-state index contributed by atoms with van der Waals surface area (Å²) in [4.78, 5) is 1.37. The first-order chi connectivity index (χ1) is 8.77. The number of rotatable bonds is 9. The summed E-state index contributed by atoms with van der Waals surface area (Å²) < 4.78 is 6.23. The van der Waals surface area contributed by atoms with Crippen molar-refractivity contribution in [2.45, 2.75) is 31.2 Å². The summed E-state index contributed by atoms with van der Waals surface area (Å²) in [5.41, 5.74) is 1.38. The second kappa shape index (κ2) is 9.84. The number of ether oxygens (including phenoxy) is 1. The molecule has 18 heavy (non-hydrogen) atoms. The lowest BCUT2D eigenvalue weighted by atomic mass is 10.2. The number of hydrogen-bond donors (Lipinski definition) is 1. The lowest BCUT2D eigenvalue weighted by Crippen LogP contribution is -2.14. The van der Waals surface area contributed by atoms with Gasteiger partial charge in [0.25, 0.3) is 0 Å². The predicted octanol–water partition coefficient (Wildman–Crippen LogP) is 4.08. The normalized spacial score (nSPS) is 10.8. The summed E-state index contributed by atoms with van der Waals surface area (Å²) in [6, 6.07) is 6.52. The summed E-state index contributed by atoms with van der Waals surface area (Å²) >= 11 is 5.45. The zero-order chi connectivity index (χ0) is 13.2. The summed E-state index contributed by atoms with van der Waals surface area (Å²) in [5.74, 6) is 1.11. The molecule has 0 amide bonds. The summed E-state index contributed by atoms with van der Waals surface area (Å²) in [5, 5.41) is 3.46. The Morgan fingerprint density at radius 3 is 2.94 bits per heavy atom. The average Bonchev–Trinajstić information content (AvgIpc) is 2.37. The molecule has 0 heterocycles. The Kier molecular flexibility index (Phi) is 8.76. The molecule has 0 fully saturated rings. The van der Waals surface area contributed by atoms with E-state index in [1.54, 1.807) is 7.11 Å². The molecule has 0 saturated carbocycles. The molecule has 1 rings (SSSR count). The molecule has 0 saturated heterocycles. The van der Waals surface area contributed by atoms with Crippen molar-refractivity contribution in [3.63, 3.8) is 0 Å². The highest BCUT2D eigenvalue weighted by atomic mass is 79.9. The molecule has 0 spiro atoms. The van der Waals surface area contributed by atoms with Crippen LogP contribution in [0.4, 0.5) is 0 Å². The van der Waals surface area contributed by atoms with E-state index in [0.29, 0.717) is 0 Å². The minimum Gasteiger partial charge on any atom is -0.385 e. The second-order valence-corrected chi connectivity index (χ2v) is 6.18. The Hall–Kier alpha value is -0.0300. The highest BCUT2D eigenvalue weighted by Gasteiger charge is 2.04. The first kappa shape index (κ1) is 16.0. The molecule has 0 aromatic heterocycles. The molecule has 0 aliphatic carbocycles. The first-order valence-corrected chi connectivity index (χ1v) is 8.16. The van der Waals surface area contributed by atoms with E-state index in [-0.39, 0.29) is 0 Å². The van der Waals surface area contributed by atoms with E-state index >= 15 is 0 Å². The van der Waals surface area contributed by atoms with E-state index in [0.717, 1.165) is 36.3 Å². The molecular weight excluding hydrogens is 310 g/mol. The molecule has 0 unspecified atom stereocenters. The average molecular weight is 332 g/mol. The van der Waals surface area contributed by atoms with Crippen molar-refractivity contribution in [3.8, 4) is 0 Å². The quantitative estimate of drug-likeness (QED) is 0.544. The van der Waals surface area contributed by atoms with Crippen LogP contribution >= 0.6 is 27.7 Å². The van der Waals surface area contributed by atoms with Gasteiger partial charge in [-0.05, 0) is 43.1 Å². The number of hydrogen-bond acceptors (Lipinski definition) is 3. The lowest BCUT2D eigenvalue weighted by molar-refractivity contribution is 0.200. The number of thioether (sulfide) groups is 1. The van der Waals surface area contributed by atoms with Crippen molar-refractivity contribution in [3.05, 3.63) is 28.2 Å². The topological polar surface area (TPSA) is 21.3 Å². The van der Waals surface area contributed by atoms with Gasteiger partial charge in [0.1, 0.15) is 0 Å². The van der Waals surface area contributed by atoms with Crippen LogP contribution in [0.2, 0.25) is 0 Å². The summed E-state index contributed by atoms with van der Waals surface area (Å²) in [7, 11) is 1.75. The molecule has 102 valence electrons. The van der Waals surface area contributed by atoms with Gasteiger partial charge in [-0.1, -0.05) is 22.9 Å². The van der Waals surface area contributed by atoms with E-state index in [1.807, 2.05) is 11.8 Å².